The molecular formula is C12H16O. The molecule has 1 nitrogen and oxygen atoms in total. The lowest BCUT2D eigenvalue weighted by molar-refractivity contribution is -0.123. The molecule has 2 rings (SSSR count). The van der Waals surface area contributed by atoms with Gasteiger partial charge >= 0.3 is 0 Å². The van der Waals surface area contributed by atoms with E-state index in [1.54, 1.807) is 0 Å². The van der Waals surface area contributed by atoms with Crippen LogP contribution in [-0.2, 0) is 4.79 Å². The lowest BCUT2D eigenvalue weighted by Crippen LogP contribution is -2.26. The maximum absolute atomic E-state index is 11.9. The summed E-state index contributed by atoms with van der Waals surface area (Å²) in [5.74, 6) is 0.828. The topological polar surface area (TPSA) is 17.1 Å². The van der Waals surface area contributed by atoms with Gasteiger partial charge in [-0.25, -0.2) is 0 Å². The molecule has 0 saturated heterocycles. The Hall–Kier alpha value is -0.850. The van der Waals surface area contributed by atoms with Crippen LogP contribution in [0.1, 0.15) is 27.2 Å². The summed E-state index contributed by atoms with van der Waals surface area (Å²) in [7, 11) is 0. The van der Waals surface area contributed by atoms with Crippen molar-refractivity contribution in [3.05, 3.63) is 23.8 Å². The van der Waals surface area contributed by atoms with Gasteiger partial charge in [-0.3, -0.25) is 4.79 Å². The van der Waals surface area contributed by atoms with Crippen LogP contribution in [-0.4, -0.2) is 5.78 Å². The number of Topliss-reactive ketones (excluding diaryl/α,β-unsaturated/α-hetero) is 1. The smallest absolute Gasteiger partial charge is 0.143 e. The van der Waals surface area contributed by atoms with Gasteiger partial charge in [0.25, 0.3) is 0 Å². The first-order chi connectivity index (χ1) is 6.04. The molecule has 0 spiro atoms. The van der Waals surface area contributed by atoms with E-state index in [1.165, 1.54) is 5.57 Å². The van der Waals surface area contributed by atoms with E-state index in [0.29, 0.717) is 5.78 Å². The Bertz CT molecular complexity index is 311. The van der Waals surface area contributed by atoms with Gasteiger partial charge in [0.2, 0.25) is 0 Å². The molecule has 3 atom stereocenters. The van der Waals surface area contributed by atoms with Crippen molar-refractivity contribution in [3.63, 3.8) is 0 Å². The number of allylic oxidation sites excluding steroid dienone is 4. The molecular weight excluding hydrogens is 160 g/mol. The van der Waals surface area contributed by atoms with Crippen molar-refractivity contribution < 1.29 is 4.79 Å². The molecule has 0 aromatic heterocycles. The lowest BCUT2D eigenvalue weighted by atomic mass is 9.73. The summed E-state index contributed by atoms with van der Waals surface area (Å²) in [6, 6.07) is 0. The van der Waals surface area contributed by atoms with Crippen LogP contribution < -0.4 is 0 Å². The summed E-state index contributed by atoms with van der Waals surface area (Å²) >= 11 is 0. The second-order valence-electron chi connectivity index (χ2n) is 4.72. The van der Waals surface area contributed by atoms with E-state index in [-0.39, 0.29) is 17.3 Å². The van der Waals surface area contributed by atoms with Gasteiger partial charge in [-0.15, -0.1) is 0 Å². The first kappa shape index (κ1) is 8.74. The highest BCUT2D eigenvalue weighted by Gasteiger charge is 2.48. The fraction of sp³-hybridized carbons (Fsp3) is 0.583. The van der Waals surface area contributed by atoms with Gasteiger partial charge in [0.15, 0.2) is 0 Å². The zero-order valence-corrected chi connectivity index (χ0v) is 8.50. The Morgan fingerprint density at radius 3 is 2.85 bits per heavy atom. The number of hydrogen-bond donors (Lipinski definition) is 0. The predicted molar refractivity (Wildman–Crippen MR) is 53.3 cm³/mol. The Kier molecular flexibility index (Phi) is 1.73. The molecule has 0 heterocycles. The third-order valence-electron chi connectivity index (χ3n) is 3.47. The second kappa shape index (κ2) is 2.57. The van der Waals surface area contributed by atoms with Crippen LogP contribution in [0.2, 0.25) is 0 Å². The molecule has 0 amide bonds. The number of ketones is 1. The molecule has 1 fully saturated rings. The summed E-state index contributed by atoms with van der Waals surface area (Å²) in [6.45, 7) is 6.32. The summed E-state index contributed by atoms with van der Waals surface area (Å²) < 4.78 is 0. The Labute approximate surface area is 79.5 Å². The number of hydrogen-bond acceptors (Lipinski definition) is 1. The van der Waals surface area contributed by atoms with Crippen LogP contribution >= 0.6 is 0 Å². The normalized spacial score (nSPS) is 43.3. The van der Waals surface area contributed by atoms with Crippen molar-refractivity contribution in [2.75, 3.05) is 0 Å². The minimum Gasteiger partial charge on any atom is -0.299 e. The third-order valence-corrected chi connectivity index (χ3v) is 3.47. The highest BCUT2D eigenvalue weighted by molar-refractivity contribution is 5.89. The van der Waals surface area contributed by atoms with Crippen molar-refractivity contribution in [2.24, 2.45) is 17.3 Å². The summed E-state index contributed by atoms with van der Waals surface area (Å²) in [5, 5.41) is 0. The van der Waals surface area contributed by atoms with E-state index in [1.807, 2.05) is 6.92 Å². The van der Waals surface area contributed by atoms with Gasteiger partial charge in [-0.2, -0.15) is 0 Å². The molecule has 70 valence electrons. The van der Waals surface area contributed by atoms with Crippen molar-refractivity contribution in [2.45, 2.75) is 27.2 Å². The van der Waals surface area contributed by atoms with Gasteiger partial charge < -0.3 is 0 Å². The first-order valence-corrected chi connectivity index (χ1v) is 4.94. The molecule has 3 unspecified atom stereocenters. The van der Waals surface area contributed by atoms with Gasteiger partial charge in [-0.1, -0.05) is 37.6 Å². The molecule has 2 aliphatic rings. The monoisotopic (exact) mass is 176 g/mol. The van der Waals surface area contributed by atoms with E-state index in [9.17, 15) is 4.79 Å². The van der Waals surface area contributed by atoms with Gasteiger partial charge in [-0.05, 0) is 18.8 Å². The standard InChI is InChI=1S/C12H16O/c1-8-5-4-6-12(3)7-9(2)11(13)10(8)12/h4-6,9-10H,7H2,1-3H3. The van der Waals surface area contributed by atoms with Crippen LogP contribution in [0.5, 0.6) is 0 Å². The zero-order valence-electron chi connectivity index (χ0n) is 8.50. The average Bonchev–Trinajstić information content (AvgIpc) is 2.24. The highest BCUT2D eigenvalue weighted by Crippen LogP contribution is 2.49. The fourth-order valence-corrected chi connectivity index (χ4v) is 2.91. The van der Waals surface area contributed by atoms with E-state index < -0.39 is 0 Å². The van der Waals surface area contributed by atoms with Crippen LogP contribution in [0.15, 0.2) is 23.8 Å². The van der Waals surface area contributed by atoms with Crippen LogP contribution in [0, 0.1) is 17.3 Å². The van der Waals surface area contributed by atoms with E-state index in [2.05, 4.69) is 32.1 Å². The van der Waals surface area contributed by atoms with Gasteiger partial charge in [0, 0.05) is 11.8 Å². The molecule has 13 heavy (non-hydrogen) atoms. The average molecular weight is 176 g/mol. The van der Waals surface area contributed by atoms with Crippen LogP contribution in [0.3, 0.4) is 0 Å². The molecule has 0 N–H and O–H groups in total. The number of carbonyl (C=O) groups is 1. The van der Waals surface area contributed by atoms with Gasteiger partial charge in [0.1, 0.15) is 5.78 Å². The van der Waals surface area contributed by atoms with Crippen molar-refractivity contribution in [1.82, 2.24) is 0 Å². The van der Waals surface area contributed by atoms with Crippen LogP contribution in [0.4, 0.5) is 0 Å². The van der Waals surface area contributed by atoms with Gasteiger partial charge in [0.05, 0.1) is 0 Å². The molecule has 0 aromatic rings. The molecule has 2 aliphatic carbocycles. The molecule has 0 radical (unpaired) electrons. The molecule has 1 heteroatoms. The number of fused-ring (bicyclic) bond motifs is 1. The lowest BCUT2D eigenvalue weighted by Gasteiger charge is -2.30. The Morgan fingerprint density at radius 2 is 2.23 bits per heavy atom. The van der Waals surface area contributed by atoms with E-state index in [4.69, 9.17) is 0 Å². The fourth-order valence-electron chi connectivity index (χ4n) is 2.91. The SMILES string of the molecule is CC1=CC=CC2(C)CC(C)C(=O)C12. The third kappa shape index (κ3) is 1.10. The summed E-state index contributed by atoms with van der Waals surface area (Å²) in [5.41, 5.74) is 1.34. The quantitative estimate of drug-likeness (QED) is 0.554. The first-order valence-electron chi connectivity index (χ1n) is 4.94. The maximum atomic E-state index is 11.9. The van der Waals surface area contributed by atoms with E-state index in [0.717, 1.165) is 6.42 Å². The highest BCUT2D eigenvalue weighted by atomic mass is 16.1. The zero-order chi connectivity index (χ0) is 9.64. The second-order valence-corrected chi connectivity index (χ2v) is 4.72. The molecule has 0 aromatic carbocycles. The summed E-state index contributed by atoms with van der Waals surface area (Å²) in [4.78, 5) is 11.9. The largest absolute Gasteiger partial charge is 0.299 e. The van der Waals surface area contributed by atoms with Crippen molar-refractivity contribution in [3.8, 4) is 0 Å². The number of carbonyl (C=O) groups excluding carboxylic acids is 1. The minimum absolute atomic E-state index is 0.106. The minimum atomic E-state index is 0.106. The van der Waals surface area contributed by atoms with Crippen LogP contribution in [0.25, 0.3) is 0 Å². The molecule has 1 saturated carbocycles. The molecule has 0 aliphatic heterocycles. The maximum Gasteiger partial charge on any atom is 0.143 e. The van der Waals surface area contributed by atoms with E-state index >= 15 is 0 Å². The molecule has 0 bridgehead atoms. The Morgan fingerprint density at radius 1 is 1.54 bits per heavy atom. The number of rotatable bonds is 0. The Balaban J connectivity index is 2.45. The van der Waals surface area contributed by atoms with Crippen molar-refractivity contribution in [1.29, 1.82) is 0 Å². The predicted octanol–water partition coefficient (Wildman–Crippen LogP) is 2.73. The van der Waals surface area contributed by atoms with Crippen molar-refractivity contribution >= 4 is 5.78 Å². The summed E-state index contributed by atoms with van der Waals surface area (Å²) in [6.07, 6.45) is 7.38.